The first-order valence-corrected chi connectivity index (χ1v) is 5.05. The van der Waals surface area contributed by atoms with Crippen molar-refractivity contribution in [2.75, 3.05) is 27.7 Å². The zero-order valence-electron chi connectivity index (χ0n) is 10.2. The van der Waals surface area contributed by atoms with Crippen molar-refractivity contribution in [2.45, 2.75) is 19.8 Å². The summed E-state index contributed by atoms with van der Waals surface area (Å²) in [5, 5.41) is 0. The number of nitrogens with two attached hydrogens (primary N) is 1. The van der Waals surface area contributed by atoms with Gasteiger partial charge < -0.3 is 10.2 Å². The van der Waals surface area contributed by atoms with E-state index in [1.165, 1.54) is 0 Å². The molecule has 0 saturated carbocycles. The van der Waals surface area contributed by atoms with Crippen LogP contribution in [0.5, 0.6) is 0 Å². The molecule has 0 radical (unpaired) electrons. The number of carbonyl (C=O) groups is 1. The minimum Gasteiger partial charge on any atom is -0.387 e. The van der Waals surface area contributed by atoms with Crippen molar-refractivity contribution in [3.05, 3.63) is 12.2 Å². The minimum atomic E-state index is -0.322. The molecule has 0 aliphatic rings. The van der Waals surface area contributed by atoms with Crippen LogP contribution in [0.25, 0.3) is 0 Å². The molecule has 2 N–H and O–H groups in total. The van der Waals surface area contributed by atoms with E-state index in [0.717, 1.165) is 17.4 Å². The van der Waals surface area contributed by atoms with Gasteiger partial charge in [-0.05, 0) is 6.92 Å². The summed E-state index contributed by atoms with van der Waals surface area (Å²) in [7, 11) is 6.35. The van der Waals surface area contributed by atoms with E-state index in [4.69, 9.17) is 5.73 Å². The van der Waals surface area contributed by atoms with E-state index in [0.29, 0.717) is 17.8 Å². The van der Waals surface area contributed by atoms with Crippen LogP contribution in [0.3, 0.4) is 0 Å². The van der Waals surface area contributed by atoms with Crippen LogP contribution in [0.4, 0.5) is 0 Å². The molecule has 0 aromatic carbocycles. The smallest absolute Gasteiger partial charge is 0.273 e. The molecule has 0 rings (SSSR count). The monoisotopic (exact) mass is 212 g/mol. The average molecular weight is 212 g/mol. The highest BCUT2D eigenvalue weighted by Crippen LogP contribution is 1.99. The fraction of sp³-hybridized carbons (Fsp3) is 0.636. The molecular formula is C11H22N3O+. The lowest BCUT2D eigenvalue weighted by molar-refractivity contribution is -0.870. The molecule has 0 fully saturated rings. The van der Waals surface area contributed by atoms with Crippen molar-refractivity contribution in [1.29, 1.82) is 0 Å². The lowest BCUT2D eigenvalue weighted by atomic mass is 10.2. The van der Waals surface area contributed by atoms with Gasteiger partial charge in [0, 0.05) is 18.4 Å². The zero-order chi connectivity index (χ0) is 12.1. The first-order chi connectivity index (χ1) is 6.72. The standard InChI is InChI=1S/C11H21N3O/c1-9(2)11(15)13-10(12)7-6-8-14(3,4)5/h1,6-8H2,2-5H3,(H-,12,13,15)/p+1. The molecule has 15 heavy (non-hydrogen) atoms. The molecule has 1 amide bonds. The van der Waals surface area contributed by atoms with E-state index in [9.17, 15) is 4.79 Å². The van der Waals surface area contributed by atoms with Gasteiger partial charge in [-0.25, -0.2) is 0 Å². The first kappa shape index (κ1) is 13.8. The van der Waals surface area contributed by atoms with Gasteiger partial charge in [0.15, 0.2) is 0 Å². The number of hydrogen-bond acceptors (Lipinski definition) is 1. The lowest BCUT2D eigenvalue weighted by Crippen LogP contribution is -2.35. The van der Waals surface area contributed by atoms with Crippen molar-refractivity contribution >= 4 is 11.7 Å². The highest BCUT2D eigenvalue weighted by atomic mass is 16.1. The molecule has 0 aromatic heterocycles. The number of hydrogen-bond donors (Lipinski definition) is 1. The van der Waals surface area contributed by atoms with Gasteiger partial charge in [-0.15, -0.1) is 0 Å². The summed E-state index contributed by atoms with van der Waals surface area (Å²) in [5.41, 5.74) is 6.04. The van der Waals surface area contributed by atoms with Crippen LogP contribution >= 0.6 is 0 Å². The third-order valence-electron chi connectivity index (χ3n) is 1.87. The maximum Gasteiger partial charge on any atom is 0.273 e. The Labute approximate surface area is 92.1 Å². The molecule has 86 valence electrons. The summed E-state index contributed by atoms with van der Waals surface area (Å²) in [6.07, 6.45) is 1.59. The molecule has 0 bridgehead atoms. The van der Waals surface area contributed by atoms with Crippen LogP contribution in [-0.2, 0) is 4.79 Å². The van der Waals surface area contributed by atoms with Gasteiger partial charge >= 0.3 is 0 Å². The quantitative estimate of drug-likeness (QED) is 0.319. The van der Waals surface area contributed by atoms with E-state index in [2.05, 4.69) is 32.7 Å². The fourth-order valence-electron chi connectivity index (χ4n) is 1.02. The molecule has 4 heteroatoms. The predicted molar refractivity (Wildman–Crippen MR) is 63.6 cm³/mol. The Morgan fingerprint density at radius 2 is 1.93 bits per heavy atom. The summed E-state index contributed by atoms with van der Waals surface area (Å²) in [6, 6.07) is 0. The summed E-state index contributed by atoms with van der Waals surface area (Å²) in [4.78, 5) is 14.9. The van der Waals surface area contributed by atoms with Gasteiger partial charge in [0.25, 0.3) is 5.91 Å². The van der Waals surface area contributed by atoms with E-state index in [1.807, 2.05) is 0 Å². The Morgan fingerprint density at radius 1 is 1.40 bits per heavy atom. The number of nitrogens with zero attached hydrogens (tertiary/aromatic N) is 2. The van der Waals surface area contributed by atoms with Gasteiger partial charge in [0.2, 0.25) is 0 Å². The Kier molecular flexibility index (Phi) is 5.22. The number of carbonyl (C=O) groups excluding carboxylic acids is 1. The van der Waals surface area contributed by atoms with Gasteiger partial charge in [-0.2, -0.15) is 4.99 Å². The number of quaternary nitrogens is 1. The molecule has 0 saturated heterocycles. The second-order valence-electron chi connectivity index (χ2n) is 4.81. The second-order valence-corrected chi connectivity index (χ2v) is 4.81. The van der Waals surface area contributed by atoms with E-state index >= 15 is 0 Å². The first-order valence-electron chi connectivity index (χ1n) is 5.05. The molecule has 0 spiro atoms. The summed E-state index contributed by atoms with van der Waals surface area (Å²) < 4.78 is 0.891. The summed E-state index contributed by atoms with van der Waals surface area (Å²) in [5.74, 6) is 0.0780. The lowest BCUT2D eigenvalue weighted by Gasteiger charge is -2.23. The number of amidine groups is 1. The molecule has 0 atom stereocenters. The van der Waals surface area contributed by atoms with Gasteiger partial charge in [0.05, 0.1) is 27.7 Å². The summed E-state index contributed by atoms with van der Waals surface area (Å²) >= 11 is 0. The van der Waals surface area contributed by atoms with Crippen molar-refractivity contribution in [3.63, 3.8) is 0 Å². The highest BCUT2D eigenvalue weighted by molar-refractivity contribution is 6.01. The van der Waals surface area contributed by atoms with Gasteiger partial charge in [0.1, 0.15) is 5.84 Å². The van der Waals surface area contributed by atoms with Crippen LogP contribution in [0, 0.1) is 0 Å². The highest BCUT2D eigenvalue weighted by Gasteiger charge is 2.07. The van der Waals surface area contributed by atoms with Crippen molar-refractivity contribution in [3.8, 4) is 0 Å². The van der Waals surface area contributed by atoms with Crippen LogP contribution in [-0.4, -0.2) is 43.9 Å². The molecule has 0 unspecified atom stereocenters. The maximum atomic E-state index is 11.1. The molecule has 0 aliphatic heterocycles. The zero-order valence-corrected chi connectivity index (χ0v) is 10.2. The Hall–Kier alpha value is -1.16. The third kappa shape index (κ3) is 7.88. The molecule has 0 heterocycles. The van der Waals surface area contributed by atoms with Crippen molar-refractivity contribution < 1.29 is 9.28 Å². The van der Waals surface area contributed by atoms with E-state index in [-0.39, 0.29) is 5.91 Å². The number of amides is 1. The van der Waals surface area contributed by atoms with Crippen molar-refractivity contribution in [1.82, 2.24) is 0 Å². The van der Waals surface area contributed by atoms with Crippen molar-refractivity contribution in [2.24, 2.45) is 10.7 Å². The molecule has 4 nitrogen and oxygen atoms in total. The van der Waals surface area contributed by atoms with Gasteiger partial charge in [-0.3, -0.25) is 4.79 Å². The van der Waals surface area contributed by atoms with Crippen LogP contribution < -0.4 is 5.73 Å². The Bertz CT molecular complexity index is 274. The number of aliphatic imine (C=N–C) groups is 1. The largest absolute Gasteiger partial charge is 0.387 e. The number of rotatable bonds is 5. The molecule has 0 aliphatic carbocycles. The summed E-state index contributed by atoms with van der Waals surface area (Å²) in [6.45, 7) is 6.15. The van der Waals surface area contributed by atoms with E-state index < -0.39 is 0 Å². The average Bonchev–Trinajstić information content (AvgIpc) is 2.01. The van der Waals surface area contributed by atoms with Crippen LogP contribution in [0.15, 0.2) is 17.1 Å². The second kappa shape index (κ2) is 5.66. The molecular weight excluding hydrogens is 190 g/mol. The topological polar surface area (TPSA) is 55.5 Å². The minimum absolute atomic E-state index is 0.322. The van der Waals surface area contributed by atoms with Crippen LogP contribution in [0.1, 0.15) is 19.8 Å². The maximum absolute atomic E-state index is 11.1. The third-order valence-corrected chi connectivity index (χ3v) is 1.87. The van der Waals surface area contributed by atoms with Gasteiger partial charge in [-0.1, -0.05) is 6.58 Å². The Morgan fingerprint density at radius 3 is 2.33 bits per heavy atom. The molecule has 0 aromatic rings. The fourth-order valence-corrected chi connectivity index (χ4v) is 1.02. The van der Waals surface area contributed by atoms with Crippen LogP contribution in [0.2, 0.25) is 0 Å². The normalized spacial score (nSPS) is 12.7. The Balaban J connectivity index is 3.99. The predicted octanol–water partition coefficient (Wildman–Crippen LogP) is 0.933. The van der Waals surface area contributed by atoms with E-state index in [1.54, 1.807) is 6.92 Å². The SMILES string of the molecule is C=C(C)C(=O)N=C(N)CCC[N+](C)(C)C.